The molecule has 0 fully saturated rings. The van der Waals surface area contributed by atoms with Gasteiger partial charge in [0.25, 0.3) is 5.91 Å². The Morgan fingerprint density at radius 1 is 1.31 bits per heavy atom. The number of halogens is 1. The van der Waals surface area contributed by atoms with Gasteiger partial charge >= 0.3 is 0 Å². The van der Waals surface area contributed by atoms with E-state index in [4.69, 9.17) is 5.73 Å². The van der Waals surface area contributed by atoms with Crippen molar-refractivity contribution in [1.29, 1.82) is 0 Å². The number of rotatable bonds is 7. The normalized spacial score (nSPS) is 12.4. The lowest BCUT2D eigenvalue weighted by Gasteiger charge is -2.17. The minimum atomic E-state index is -0.196. The largest absolute Gasteiger partial charge is 0.351 e. The number of carbonyl (C=O) groups excluding carboxylic acids is 2. The van der Waals surface area contributed by atoms with E-state index >= 15 is 0 Å². The van der Waals surface area contributed by atoms with Crippen LogP contribution in [0.25, 0.3) is 0 Å². The van der Waals surface area contributed by atoms with Crippen LogP contribution in [0.1, 0.15) is 33.9 Å². The predicted octanol–water partition coefficient (Wildman–Crippen LogP) is 2.17. The topological polar surface area (TPSA) is 88.3 Å². The van der Waals surface area contributed by atoms with Crippen molar-refractivity contribution in [2.45, 2.75) is 25.7 Å². The number of para-hydroxylation sites is 1. The van der Waals surface area contributed by atoms with Gasteiger partial charge in [0, 0.05) is 37.0 Å². The molecule has 0 aliphatic carbocycles. The number of nitrogens with zero attached hydrogens (tertiary/aromatic N) is 2. The first kappa shape index (κ1) is 20.4. The Morgan fingerprint density at radius 2 is 2.12 bits per heavy atom. The van der Waals surface area contributed by atoms with E-state index in [2.05, 4.69) is 16.4 Å². The van der Waals surface area contributed by atoms with Crippen LogP contribution < -0.4 is 16.0 Å². The maximum Gasteiger partial charge on any atom is 0.270 e. The molecule has 0 atom stereocenters. The Bertz CT molecular complexity index is 765. The highest BCUT2D eigenvalue weighted by molar-refractivity contribution is 7.09. The summed E-state index contributed by atoms with van der Waals surface area (Å²) in [6, 6.07) is 8.01. The minimum Gasteiger partial charge on any atom is -0.351 e. The van der Waals surface area contributed by atoms with E-state index in [9.17, 15) is 9.59 Å². The maximum absolute atomic E-state index is 12.4. The van der Waals surface area contributed by atoms with E-state index in [1.807, 2.05) is 23.1 Å². The summed E-state index contributed by atoms with van der Waals surface area (Å²) in [5.74, 6) is -0.0865. The Hall–Kier alpha value is -1.96. The molecule has 2 aromatic rings. The zero-order valence-corrected chi connectivity index (χ0v) is 16.1. The first-order chi connectivity index (χ1) is 12.2. The summed E-state index contributed by atoms with van der Waals surface area (Å²) in [7, 11) is 0. The molecule has 3 rings (SSSR count). The predicted molar refractivity (Wildman–Crippen MR) is 106 cm³/mol. The molecule has 1 aromatic heterocycles. The van der Waals surface area contributed by atoms with Crippen LogP contribution in [0.2, 0.25) is 0 Å². The third-order valence-electron chi connectivity index (χ3n) is 4.18. The average Bonchev–Trinajstić information content (AvgIpc) is 3.25. The van der Waals surface area contributed by atoms with Crippen molar-refractivity contribution < 1.29 is 9.59 Å². The van der Waals surface area contributed by atoms with E-state index in [-0.39, 0.29) is 24.2 Å². The quantitative estimate of drug-likeness (QED) is 0.704. The van der Waals surface area contributed by atoms with Gasteiger partial charge in [-0.2, -0.15) is 0 Å². The second-order valence-electron chi connectivity index (χ2n) is 5.95. The molecule has 1 aliphatic heterocycles. The summed E-state index contributed by atoms with van der Waals surface area (Å²) in [6.45, 7) is 1.73. The number of amides is 2. The second kappa shape index (κ2) is 9.66. The number of fused-ring (bicyclic) bond motifs is 1. The molecule has 0 unspecified atom stereocenters. The monoisotopic (exact) mass is 394 g/mol. The van der Waals surface area contributed by atoms with Gasteiger partial charge in [0.15, 0.2) is 0 Å². The van der Waals surface area contributed by atoms with Crippen LogP contribution in [0.3, 0.4) is 0 Å². The fourth-order valence-corrected chi connectivity index (χ4v) is 3.71. The molecule has 8 heteroatoms. The van der Waals surface area contributed by atoms with Crippen LogP contribution in [0.15, 0.2) is 29.6 Å². The molecule has 26 heavy (non-hydrogen) atoms. The van der Waals surface area contributed by atoms with Crippen LogP contribution in [0, 0.1) is 0 Å². The molecule has 3 N–H and O–H groups in total. The number of nitrogens with one attached hydrogen (secondary N) is 1. The lowest BCUT2D eigenvalue weighted by Crippen LogP contribution is -2.30. The zero-order chi connectivity index (χ0) is 17.6. The van der Waals surface area contributed by atoms with E-state index < -0.39 is 0 Å². The van der Waals surface area contributed by atoms with Crippen LogP contribution in [-0.2, 0) is 17.6 Å². The van der Waals surface area contributed by atoms with E-state index in [0.29, 0.717) is 38.0 Å². The highest BCUT2D eigenvalue weighted by Crippen LogP contribution is 2.27. The van der Waals surface area contributed by atoms with E-state index in [0.717, 1.165) is 23.7 Å². The molecule has 2 heterocycles. The molecule has 0 radical (unpaired) electrons. The summed E-state index contributed by atoms with van der Waals surface area (Å²) in [4.78, 5) is 30.5. The second-order valence-corrected chi connectivity index (χ2v) is 6.89. The third-order valence-corrected chi connectivity index (χ3v) is 5.09. The molecule has 140 valence electrons. The first-order valence-corrected chi connectivity index (χ1v) is 9.38. The lowest BCUT2D eigenvalue weighted by molar-refractivity contribution is -0.118. The first-order valence-electron chi connectivity index (χ1n) is 8.50. The summed E-state index contributed by atoms with van der Waals surface area (Å²) in [6.07, 6.45) is 2.63. The molecule has 1 aromatic carbocycles. The van der Waals surface area contributed by atoms with Crippen molar-refractivity contribution >= 4 is 41.2 Å². The van der Waals surface area contributed by atoms with Gasteiger partial charge in [-0.25, -0.2) is 4.98 Å². The summed E-state index contributed by atoms with van der Waals surface area (Å²) in [5, 5.41) is 5.44. The summed E-state index contributed by atoms with van der Waals surface area (Å²) >= 11 is 1.44. The number of thiazole rings is 1. The van der Waals surface area contributed by atoms with Crippen molar-refractivity contribution in [1.82, 2.24) is 10.3 Å². The van der Waals surface area contributed by atoms with Crippen molar-refractivity contribution in [3.8, 4) is 0 Å². The number of anilines is 1. The van der Waals surface area contributed by atoms with Gasteiger partial charge in [0.2, 0.25) is 5.91 Å². The number of benzene rings is 1. The molecule has 0 spiro atoms. The van der Waals surface area contributed by atoms with E-state index in [1.54, 1.807) is 5.38 Å². The minimum absolute atomic E-state index is 0. The Labute approximate surface area is 163 Å². The van der Waals surface area contributed by atoms with Crippen molar-refractivity contribution in [3.05, 3.63) is 45.9 Å². The Morgan fingerprint density at radius 3 is 2.92 bits per heavy atom. The van der Waals surface area contributed by atoms with Crippen LogP contribution in [0.4, 0.5) is 5.69 Å². The molecule has 1 aliphatic rings. The number of carbonyl (C=O) groups is 2. The van der Waals surface area contributed by atoms with Gasteiger partial charge in [-0.15, -0.1) is 23.7 Å². The average molecular weight is 395 g/mol. The van der Waals surface area contributed by atoms with Crippen LogP contribution >= 0.6 is 23.7 Å². The number of hydrogen-bond donors (Lipinski definition) is 2. The summed E-state index contributed by atoms with van der Waals surface area (Å²) in [5.41, 5.74) is 8.15. The van der Waals surface area contributed by atoms with Crippen molar-refractivity contribution in [2.75, 3.05) is 24.5 Å². The molecule has 2 amide bonds. The number of hydrogen-bond acceptors (Lipinski definition) is 5. The fraction of sp³-hybridized carbons (Fsp3) is 0.389. The smallest absolute Gasteiger partial charge is 0.270 e. The van der Waals surface area contributed by atoms with E-state index in [1.165, 1.54) is 16.9 Å². The molecule has 0 bridgehead atoms. The Balaban J connectivity index is 0.00000243. The van der Waals surface area contributed by atoms with Gasteiger partial charge in [0.1, 0.15) is 5.69 Å². The Kier molecular flexibility index (Phi) is 7.56. The van der Waals surface area contributed by atoms with Crippen molar-refractivity contribution in [2.24, 2.45) is 5.73 Å². The molecular weight excluding hydrogens is 372 g/mol. The van der Waals surface area contributed by atoms with Gasteiger partial charge in [-0.05, 0) is 31.0 Å². The van der Waals surface area contributed by atoms with Gasteiger partial charge in [0.05, 0.1) is 5.01 Å². The number of aromatic nitrogens is 1. The van der Waals surface area contributed by atoms with Crippen LogP contribution in [-0.4, -0.2) is 36.4 Å². The molecule has 0 saturated carbocycles. The van der Waals surface area contributed by atoms with Crippen molar-refractivity contribution in [3.63, 3.8) is 0 Å². The lowest BCUT2D eigenvalue weighted by atomic mass is 10.2. The van der Waals surface area contributed by atoms with Gasteiger partial charge in [-0.3, -0.25) is 9.59 Å². The zero-order valence-electron chi connectivity index (χ0n) is 14.4. The van der Waals surface area contributed by atoms with Gasteiger partial charge in [-0.1, -0.05) is 18.2 Å². The highest BCUT2D eigenvalue weighted by atomic mass is 35.5. The highest BCUT2D eigenvalue weighted by Gasteiger charge is 2.23. The maximum atomic E-state index is 12.4. The summed E-state index contributed by atoms with van der Waals surface area (Å²) < 4.78 is 0. The molecule has 0 saturated heterocycles. The third kappa shape index (κ3) is 4.81. The van der Waals surface area contributed by atoms with Crippen LogP contribution in [0.5, 0.6) is 0 Å². The standard InChI is InChI=1S/C18H22N4O2S.ClH/c19-9-7-16-21-14(12-25-16)18(24)20-10-3-6-17(23)22-11-8-13-4-1-2-5-15(13)22;/h1-2,4-5,12H,3,6-11,19H2,(H,20,24);1H. The molecule has 6 nitrogen and oxygen atoms in total. The van der Waals surface area contributed by atoms with Gasteiger partial charge < -0.3 is 16.0 Å². The number of nitrogens with two attached hydrogens (primary N) is 1. The fourth-order valence-electron chi connectivity index (χ4n) is 2.92. The SMILES string of the molecule is Cl.NCCc1nc(C(=O)NCCCC(=O)N2CCc3ccccc32)cs1. The molecular formula is C18H23ClN4O2S.